The molecule has 1 amide bonds. The van der Waals surface area contributed by atoms with Gasteiger partial charge in [0.2, 0.25) is 0 Å². The number of hydrogen-bond donors (Lipinski definition) is 0. The van der Waals surface area contributed by atoms with Crippen molar-refractivity contribution in [3.63, 3.8) is 0 Å². The van der Waals surface area contributed by atoms with Gasteiger partial charge in [0.05, 0.1) is 4.91 Å². The Morgan fingerprint density at radius 3 is 2.77 bits per heavy atom. The number of amides is 1. The monoisotopic (exact) mass is 331 g/mol. The molecule has 1 fully saturated rings. The molecule has 1 atom stereocenters. The van der Waals surface area contributed by atoms with Crippen molar-refractivity contribution >= 4 is 40.3 Å². The molecule has 3 rings (SSSR count). The summed E-state index contributed by atoms with van der Waals surface area (Å²) in [6.07, 6.45) is 3.89. The summed E-state index contributed by atoms with van der Waals surface area (Å²) in [5.41, 5.74) is 2.02. The fraction of sp³-hybridized carbons (Fsp3) is 0.294. The first kappa shape index (κ1) is 15.3. The third-order valence-electron chi connectivity index (χ3n) is 3.65. The summed E-state index contributed by atoms with van der Waals surface area (Å²) < 4.78 is 6.53. The molecule has 0 N–H and O–H groups in total. The van der Waals surface area contributed by atoms with Crippen molar-refractivity contribution in [1.82, 2.24) is 4.90 Å². The molecule has 0 saturated carbocycles. The third kappa shape index (κ3) is 2.71. The highest BCUT2D eigenvalue weighted by Gasteiger charge is 2.34. The molecule has 0 radical (unpaired) electrons. The van der Waals surface area contributed by atoms with E-state index >= 15 is 0 Å². The van der Waals surface area contributed by atoms with E-state index in [1.165, 1.54) is 11.8 Å². The predicted molar refractivity (Wildman–Crippen MR) is 94.8 cm³/mol. The number of fused-ring (bicyclic) bond motifs is 1. The van der Waals surface area contributed by atoms with Crippen molar-refractivity contribution in [2.24, 2.45) is 0 Å². The Bertz CT molecular complexity index is 706. The van der Waals surface area contributed by atoms with Crippen LogP contribution in [0.15, 0.2) is 40.8 Å². The van der Waals surface area contributed by atoms with Crippen LogP contribution in [0.5, 0.6) is 5.75 Å². The van der Waals surface area contributed by atoms with E-state index in [4.69, 9.17) is 17.0 Å². The third-order valence-corrected chi connectivity index (χ3v) is 4.98. The van der Waals surface area contributed by atoms with Crippen molar-refractivity contribution in [1.29, 1.82) is 0 Å². The lowest BCUT2D eigenvalue weighted by atomic mass is 10.0. The summed E-state index contributed by atoms with van der Waals surface area (Å²) in [5, 5.41) is 0. The lowest BCUT2D eigenvalue weighted by Crippen LogP contribution is -2.34. The van der Waals surface area contributed by atoms with Crippen molar-refractivity contribution in [2.45, 2.75) is 32.9 Å². The SMILES string of the molecule is CC(C)N1C(=O)/C(=C/C2=Cc3ccccc3O[C@@H]2C)SC1=S. The molecule has 0 aliphatic carbocycles. The Morgan fingerprint density at radius 2 is 2.09 bits per heavy atom. The van der Waals surface area contributed by atoms with Crippen molar-refractivity contribution in [2.75, 3.05) is 0 Å². The number of thioether (sulfide) groups is 1. The molecule has 1 aromatic rings. The van der Waals surface area contributed by atoms with Gasteiger partial charge in [-0.1, -0.05) is 42.2 Å². The molecule has 22 heavy (non-hydrogen) atoms. The minimum absolute atomic E-state index is 0.0167. The smallest absolute Gasteiger partial charge is 0.266 e. The molecule has 0 bridgehead atoms. The summed E-state index contributed by atoms with van der Waals surface area (Å²) >= 11 is 6.67. The Kier molecular flexibility index (Phi) is 4.10. The van der Waals surface area contributed by atoms with Crippen LogP contribution in [-0.4, -0.2) is 27.3 Å². The Labute approximate surface area is 140 Å². The van der Waals surface area contributed by atoms with E-state index in [9.17, 15) is 4.79 Å². The van der Waals surface area contributed by atoms with Crippen LogP contribution < -0.4 is 4.74 Å². The van der Waals surface area contributed by atoms with E-state index in [2.05, 4.69) is 6.08 Å². The van der Waals surface area contributed by atoms with Crippen molar-refractivity contribution in [3.8, 4) is 5.75 Å². The largest absolute Gasteiger partial charge is 0.485 e. The van der Waals surface area contributed by atoms with Crippen molar-refractivity contribution < 1.29 is 9.53 Å². The fourth-order valence-electron chi connectivity index (χ4n) is 2.50. The van der Waals surface area contributed by atoms with Gasteiger partial charge in [0.25, 0.3) is 5.91 Å². The quantitative estimate of drug-likeness (QED) is 0.605. The lowest BCUT2D eigenvalue weighted by Gasteiger charge is -2.23. The number of thiocarbonyl (C=S) groups is 1. The maximum atomic E-state index is 12.5. The number of carbonyl (C=O) groups excluding carboxylic acids is 1. The number of nitrogens with zero attached hydrogens (tertiary/aromatic N) is 1. The summed E-state index contributed by atoms with van der Waals surface area (Å²) in [4.78, 5) is 14.8. The number of carbonyl (C=O) groups is 1. The van der Waals surface area contributed by atoms with Gasteiger partial charge < -0.3 is 4.74 Å². The molecule has 3 nitrogen and oxygen atoms in total. The van der Waals surface area contributed by atoms with Gasteiger partial charge in [0.1, 0.15) is 16.2 Å². The van der Waals surface area contributed by atoms with E-state index < -0.39 is 0 Å². The molecule has 5 heteroatoms. The molecule has 1 saturated heterocycles. The standard InChI is InChI=1S/C17H17NO2S2/c1-10(2)18-16(19)15(22-17(18)21)9-13-8-12-6-4-5-7-14(12)20-11(13)3/h4-11H,1-3H3/b15-9-/t11-/m1/s1. The summed E-state index contributed by atoms with van der Waals surface area (Å²) in [5.74, 6) is 0.860. The van der Waals surface area contributed by atoms with Gasteiger partial charge in [-0.25, -0.2) is 0 Å². The van der Waals surface area contributed by atoms with Gasteiger partial charge in [0.15, 0.2) is 0 Å². The highest BCUT2D eigenvalue weighted by Crippen LogP contribution is 2.36. The topological polar surface area (TPSA) is 29.5 Å². The molecule has 114 valence electrons. The summed E-state index contributed by atoms with van der Waals surface area (Å²) in [6.45, 7) is 5.92. The minimum atomic E-state index is -0.0857. The average Bonchev–Trinajstić information content (AvgIpc) is 2.74. The zero-order valence-corrected chi connectivity index (χ0v) is 14.3. The number of ether oxygens (including phenoxy) is 1. The normalized spacial score (nSPS) is 22.9. The average molecular weight is 331 g/mol. The molecule has 2 heterocycles. The highest BCUT2D eigenvalue weighted by molar-refractivity contribution is 8.26. The zero-order valence-electron chi connectivity index (χ0n) is 12.7. The van der Waals surface area contributed by atoms with Crippen LogP contribution in [0, 0.1) is 0 Å². The van der Waals surface area contributed by atoms with Crippen LogP contribution in [0.1, 0.15) is 26.3 Å². The number of hydrogen-bond acceptors (Lipinski definition) is 4. The number of benzene rings is 1. The maximum Gasteiger partial charge on any atom is 0.266 e. The van der Waals surface area contributed by atoms with E-state index in [0.29, 0.717) is 9.23 Å². The van der Waals surface area contributed by atoms with Gasteiger partial charge >= 0.3 is 0 Å². The first-order chi connectivity index (χ1) is 10.5. The van der Waals surface area contributed by atoms with Crippen LogP contribution in [0.3, 0.4) is 0 Å². The van der Waals surface area contributed by atoms with Gasteiger partial charge in [-0.05, 0) is 44.6 Å². The van der Waals surface area contributed by atoms with E-state index in [-0.39, 0.29) is 18.1 Å². The first-order valence-corrected chi connectivity index (χ1v) is 8.44. The molecule has 0 spiro atoms. The molecule has 1 aromatic carbocycles. The van der Waals surface area contributed by atoms with Gasteiger partial charge in [0, 0.05) is 11.6 Å². The van der Waals surface area contributed by atoms with Gasteiger partial charge in [-0.3, -0.25) is 9.69 Å². The summed E-state index contributed by atoms with van der Waals surface area (Å²) in [6, 6.07) is 7.97. The highest BCUT2D eigenvalue weighted by atomic mass is 32.2. The first-order valence-electron chi connectivity index (χ1n) is 7.21. The van der Waals surface area contributed by atoms with E-state index in [0.717, 1.165) is 16.9 Å². The van der Waals surface area contributed by atoms with E-state index in [1.54, 1.807) is 4.90 Å². The molecule has 2 aliphatic heterocycles. The van der Waals surface area contributed by atoms with Crippen molar-refractivity contribution in [3.05, 3.63) is 46.4 Å². The summed E-state index contributed by atoms with van der Waals surface area (Å²) in [7, 11) is 0. The number of para-hydroxylation sites is 1. The molecular weight excluding hydrogens is 314 g/mol. The molecule has 0 unspecified atom stereocenters. The fourth-order valence-corrected chi connectivity index (χ4v) is 4.02. The van der Waals surface area contributed by atoms with Crippen LogP contribution in [0.4, 0.5) is 0 Å². The second-order valence-corrected chi connectivity index (χ2v) is 7.26. The second-order valence-electron chi connectivity index (χ2n) is 5.59. The Morgan fingerprint density at radius 1 is 1.36 bits per heavy atom. The predicted octanol–water partition coefficient (Wildman–Crippen LogP) is 4.00. The van der Waals surface area contributed by atoms with Crippen LogP contribution in [0.25, 0.3) is 6.08 Å². The second kappa shape index (κ2) is 5.89. The Hall–Kier alpha value is -1.59. The minimum Gasteiger partial charge on any atom is -0.485 e. The Balaban J connectivity index is 1.94. The van der Waals surface area contributed by atoms with Crippen LogP contribution in [-0.2, 0) is 4.79 Å². The van der Waals surface area contributed by atoms with Crippen LogP contribution in [0.2, 0.25) is 0 Å². The number of rotatable bonds is 2. The lowest BCUT2D eigenvalue weighted by molar-refractivity contribution is -0.123. The molecular formula is C17H17NO2S2. The van der Waals surface area contributed by atoms with Gasteiger partial charge in [-0.15, -0.1) is 0 Å². The zero-order chi connectivity index (χ0) is 15.9. The van der Waals surface area contributed by atoms with Crippen LogP contribution >= 0.6 is 24.0 Å². The molecule has 0 aromatic heterocycles. The van der Waals surface area contributed by atoms with E-state index in [1.807, 2.05) is 51.1 Å². The maximum absolute atomic E-state index is 12.5. The molecule has 2 aliphatic rings. The van der Waals surface area contributed by atoms with Gasteiger partial charge in [-0.2, -0.15) is 0 Å².